The second-order valence-corrected chi connectivity index (χ2v) is 2.88. The fourth-order valence-corrected chi connectivity index (χ4v) is 1.18. The van der Waals surface area contributed by atoms with Crippen molar-refractivity contribution in [2.24, 2.45) is 0 Å². The van der Waals surface area contributed by atoms with Crippen molar-refractivity contribution in [3.8, 4) is 0 Å². The van der Waals surface area contributed by atoms with E-state index in [1.54, 1.807) is 0 Å². The largest absolute Gasteiger partial charge is 0.509 e. The van der Waals surface area contributed by atoms with Gasteiger partial charge in [0.15, 0.2) is 0 Å². The van der Waals surface area contributed by atoms with Crippen LogP contribution >= 0.6 is 0 Å². The highest BCUT2D eigenvalue weighted by molar-refractivity contribution is 6.73. The maximum atomic E-state index is 12.3. The molecule has 0 saturated carbocycles. The molecule has 0 fully saturated rings. The van der Waals surface area contributed by atoms with Gasteiger partial charge < -0.3 is 12.9 Å². The molecule has 0 amide bonds. The molecule has 0 N–H and O–H groups in total. The van der Waals surface area contributed by atoms with Crippen LogP contribution in [-0.2, 0) is 0 Å². The molecule has 2 aromatic rings. The van der Waals surface area contributed by atoms with Crippen molar-refractivity contribution in [2.45, 2.75) is 0 Å². The monoisotopic (exact) mass is 197 g/mol. The molecule has 0 aliphatic heterocycles. The Morgan fingerprint density at radius 3 is 2.21 bits per heavy atom. The number of hydrogen-bond donors (Lipinski definition) is 0. The molecule has 0 saturated heterocycles. The predicted octanol–water partition coefficient (Wildman–Crippen LogP) is 1.68. The Balaban J connectivity index is 2.63. The van der Waals surface area contributed by atoms with Crippen molar-refractivity contribution in [3.05, 3.63) is 30.6 Å². The lowest BCUT2D eigenvalue weighted by molar-refractivity contribution is 0.501. The smallest absolute Gasteiger partial charge is 0.445 e. The Bertz CT molecular complexity index is 469. The number of fused-ring (bicyclic) bond motifs is 1. The highest BCUT2D eigenvalue weighted by Gasteiger charge is 2.25. The minimum absolute atomic E-state index is 0.268. The van der Waals surface area contributed by atoms with Crippen molar-refractivity contribution in [1.82, 2.24) is 9.97 Å². The van der Waals surface area contributed by atoms with E-state index in [0.29, 0.717) is 5.52 Å². The Morgan fingerprint density at radius 2 is 1.57 bits per heavy atom. The molecule has 0 aliphatic carbocycles. The molecule has 6 heteroatoms. The van der Waals surface area contributed by atoms with Gasteiger partial charge in [-0.25, -0.2) is 0 Å². The third-order valence-corrected chi connectivity index (χ3v) is 1.87. The molecule has 14 heavy (non-hydrogen) atoms. The molecule has 1 aromatic heterocycles. The number of halogens is 3. The van der Waals surface area contributed by atoms with Crippen molar-refractivity contribution >= 4 is 23.5 Å². The zero-order valence-corrected chi connectivity index (χ0v) is 6.99. The van der Waals surface area contributed by atoms with Gasteiger partial charge in [0.05, 0.1) is 11.0 Å². The van der Waals surface area contributed by atoms with Gasteiger partial charge in [-0.1, -0.05) is 12.1 Å². The van der Waals surface area contributed by atoms with E-state index in [1.807, 2.05) is 0 Å². The molecule has 0 radical (unpaired) electrons. The van der Waals surface area contributed by atoms with Crippen LogP contribution in [0.4, 0.5) is 12.9 Å². The average Bonchev–Trinajstić information content (AvgIpc) is 2.16. The highest BCUT2D eigenvalue weighted by Crippen LogP contribution is 2.12. The summed E-state index contributed by atoms with van der Waals surface area (Å²) in [5.74, 6) is 0. The lowest BCUT2D eigenvalue weighted by Gasteiger charge is -2.14. The standard InChI is InChI=1S/C8H5BF3N2/c10-9(11,12)6-1-2-7-8(5-6)14-4-3-13-7/h1-5H/q-1. The molecular weight excluding hydrogens is 192 g/mol. The Kier molecular flexibility index (Phi) is 1.91. The fourth-order valence-electron chi connectivity index (χ4n) is 1.18. The van der Waals surface area contributed by atoms with Crippen LogP contribution in [0.3, 0.4) is 0 Å². The molecule has 0 bridgehead atoms. The van der Waals surface area contributed by atoms with Gasteiger partial charge in [-0.3, -0.25) is 9.97 Å². The maximum absolute atomic E-state index is 12.3. The first-order valence-corrected chi connectivity index (χ1v) is 3.98. The number of nitrogens with zero attached hydrogens (tertiary/aromatic N) is 2. The third kappa shape index (κ3) is 1.55. The second-order valence-electron chi connectivity index (χ2n) is 2.88. The van der Waals surface area contributed by atoms with Crippen LogP contribution in [-0.4, -0.2) is 16.9 Å². The molecule has 0 unspecified atom stereocenters. The van der Waals surface area contributed by atoms with E-state index < -0.39 is 12.4 Å². The van der Waals surface area contributed by atoms with E-state index in [0.717, 1.165) is 12.1 Å². The first kappa shape index (κ1) is 8.99. The van der Waals surface area contributed by atoms with Crippen molar-refractivity contribution in [2.75, 3.05) is 0 Å². The van der Waals surface area contributed by atoms with Gasteiger partial charge in [0.25, 0.3) is 0 Å². The van der Waals surface area contributed by atoms with Gasteiger partial charge in [-0.05, 0) is 6.07 Å². The highest BCUT2D eigenvalue weighted by atomic mass is 19.4. The summed E-state index contributed by atoms with van der Waals surface area (Å²) in [5, 5.41) is 0. The fraction of sp³-hybridized carbons (Fsp3) is 0. The summed E-state index contributed by atoms with van der Waals surface area (Å²) in [6.45, 7) is -4.95. The zero-order chi connectivity index (χ0) is 10.2. The van der Waals surface area contributed by atoms with E-state index >= 15 is 0 Å². The van der Waals surface area contributed by atoms with Crippen LogP contribution in [0.25, 0.3) is 11.0 Å². The molecule has 0 atom stereocenters. The van der Waals surface area contributed by atoms with Gasteiger partial charge in [-0.2, -0.15) is 0 Å². The average molecular weight is 197 g/mol. The minimum atomic E-state index is -4.95. The lowest BCUT2D eigenvalue weighted by atomic mass is 9.80. The Morgan fingerprint density at radius 1 is 0.929 bits per heavy atom. The summed E-state index contributed by atoms with van der Waals surface area (Å²) >= 11 is 0. The summed E-state index contributed by atoms with van der Waals surface area (Å²) < 4.78 is 37.0. The van der Waals surface area contributed by atoms with Crippen molar-refractivity contribution in [1.29, 1.82) is 0 Å². The summed E-state index contributed by atoms with van der Waals surface area (Å²) in [6.07, 6.45) is 2.82. The maximum Gasteiger partial charge on any atom is 0.509 e. The summed E-state index contributed by atoms with van der Waals surface area (Å²) in [6, 6.07) is 3.37. The molecule has 0 spiro atoms. The summed E-state index contributed by atoms with van der Waals surface area (Å²) in [5.41, 5.74) is 0.0958. The van der Waals surface area contributed by atoms with Crippen LogP contribution in [0.2, 0.25) is 0 Å². The number of benzene rings is 1. The molecule has 0 aliphatic rings. The topological polar surface area (TPSA) is 25.8 Å². The minimum Gasteiger partial charge on any atom is -0.445 e. The van der Waals surface area contributed by atoms with Crippen LogP contribution in [0.15, 0.2) is 30.6 Å². The first-order chi connectivity index (χ1) is 6.57. The van der Waals surface area contributed by atoms with Gasteiger partial charge in [0, 0.05) is 12.4 Å². The predicted molar refractivity (Wildman–Crippen MR) is 48.3 cm³/mol. The first-order valence-electron chi connectivity index (χ1n) is 3.98. The lowest BCUT2D eigenvalue weighted by Crippen LogP contribution is -2.33. The molecular formula is C8H5BF3N2-. The van der Waals surface area contributed by atoms with Gasteiger partial charge >= 0.3 is 6.98 Å². The summed E-state index contributed by atoms with van der Waals surface area (Å²) in [4.78, 5) is 7.68. The quantitative estimate of drug-likeness (QED) is 0.650. The number of rotatable bonds is 1. The second kappa shape index (κ2) is 2.97. The Hall–Kier alpha value is -1.59. The number of aromatic nitrogens is 2. The molecule has 2 nitrogen and oxygen atoms in total. The normalized spacial score (nSPS) is 11.9. The van der Waals surface area contributed by atoms with Gasteiger partial charge in [0.2, 0.25) is 0 Å². The SMILES string of the molecule is F[B-](F)(F)c1ccc2nccnc2c1. The zero-order valence-electron chi connectivity index (χ0n) is 6.99. The van der Waals surface area contributed by atoms with Crippen LogP contribution in [0.1, 0.15) is 0 Å². The van der Waals surface area contributed by atoms with E-state index in [4.69, 9.17) is 0 Å². The van der Waals surface area contributed by atoms with Crippen molar-refractivity contribution in [3.63, 3.8) is 0 Å². The summed E-state index contributed by atoms with van der Waals surface area (Å²) in [7, 11) is 0. The van der Waals surface area contributed by atoms with E-state index in [1.165, 1.54) is 18.5 Å². The molecule has 72 valence electrons. The van der Waals surface area contributed by atoms with E-state index in [2.05, 4.69) is 9.97 Å². The van der Waals surface area contributed by atoms with Gasteiger partial charge in [0.1, 0.15) is 0 Å². The van der Waals surface area contributed by atoms with Crippen LogP contribution < -0.4 is 5.46 Å². The van der Waals surface area contributed by atoms with Gasteiger partial charge in [-0.15, -0.1) is 5.46 Å². The van der Waals surface area contributed by atoms with Crippen molar-refractivity contribution < 1.29 is 12.9 Å². The van der Waals surface area contributed by atoms with E-state index in [9.17, 15) is 12.9 Å². The molecule has 1 heterocycles. The Labute approximate surface area is 77.9 Å². The molecule has 1 aromatic carbocycles. The van der Waals surface area contributed by atoms with E-state index in [-0.39, 0.29) is 5.52 Å². The molecule has 2 rings (SSSR count). The third-order valence-electron chi connectivity index (χ3n) is 1.87. The van der Waals surface area contributed by atoms with Crippen LogP contribution in [0.5, 0.6) is 0 Å². The number of hydrogen-bond acceptors (Lipinski definition) is 2. The van der Waals surface area contributed by atoms with Crippen LogP contribution in [0, 0.1) is 0 Å².